The third-order valence-electron chi connectivity index (χ3n) is 5.39. The first-order valence-corrected chi connectivity index (χ1v) is 10.1. The van der Waals surface area contributed by atoms with Crippen LogP contribution < -0.4 is 10.6 Å². The maximum atomic E-state index is 12.5. The van der Waals surface area contributed by atoms with E-state index in [0.717, 1.165) is 11.1 Å². The van der Waals surface area contributed by atoms with Crippen molar-refractivity contribution in [3.8, 4) is 0 Å². The zero-order chi connectivity index (χ0) is 23.4. The van der Waals surface area contributed by atoms with Crippen molar-refractivity contribution in [1.82, 2.24) is 0 Å². The number of carbonyl (C=O) groups excluding carboxylic acids is 2. The topological polar surface area (TPSA) is 123 Å². The van der Waals surface area contributed by atoms with Crippen molar-refractivity contribution in [3.05, 3.63) is 70.4 Å². The van der Waals surface area contributed by atoms with Crippen LogP contribution in [0.25, 0.3) is 0 Å². The largest absolute Gasteiger partial charge is 0.392 e. The third-order valence-corrected chi connectivity index (χ3v) is 5.39. The van der Waals surface area contributed by atoms with E-state index < -0.39 is 0 Å². The third kappa shape index (κ3) is 5.68. The standard InChI is InChI=1S/C24H26N4O4.Zn/c1-13-5-21(27-9-19-17(11-29)7-25-15(3)23(19)31)22(6-14(13)2)28-10-20-18(12-30)8-26-16(4)24(20)32;/h5-10,27-30H,11-12H2,1-4H3;. The minimum Gasteiger partial charge on any atom is -0.392 e. The maximum absolute atomic E-state index is 12.5. The molecule has 4 N–H and O–H groups in total. The molecule has 1 aromatic rings. The number of benzene rings is 1. The zero-order valence-electron chi connectivity index (χ0n) is 19.2. The molecule has 0 saturated carbocycles. The van der Waals surface area contributed by atoms with Gasteiger partial charge in [-0.3, -0.25) is 19.6 Å². The summed E-state index contributed by atoms with van der Waals surface area (Å²) in [4.78, 5) is 33.0. The maximum Gasteiger partial charge on any atom is 0.208 e. The number of hydrogen-bond acceptors (Lipinski definition) is 8. The van der Waals surface area contributed by atoms with Crippen LogP contribution in [0.15, 0.2) is 69.2 Å². The molecule has 0 aromatic heterocycles. The molecule has 168 valence electrons. The van der Waals surface area contributed by atoms with Gasteiger partial charge in [-0.15, -0.1) is 0 Å². The van der Waals surface area contributed by atoms with Gasteiger partial charge in [0, 0.05) is 66.6 Å². The molecular formula is C24H26N4O4Zn. The fourth-order valence-corrected chi connectivity index (χ4v) is 3.21. The summed E-state index contributed by atoms with van der Waals surface area (Å²) in [6, 6.07) is 3.84. The van der Waals surface area contributed by atoms with E-state index in [0.29, 0.717) is 45.1 Å². The first-order chi connectivity index (χ1) is 15.3. The number of anilines is 2. The number of rotatable bonds is 6. The van der Waals surface area contributed by atoms with Gasteiger partial charge in [-0.2, -0.15) is 0 Å². The van der Waals surface area contributed by atoms with Crippen LogP contribution in [0.4, 0.5) is 11.4 Å². The summed E-state index contributed by atoms with van der Waals surface area (Å²) < 4.78 is 0. The number of nitrogens with one attached hydrogen (secondary N) is 2. The average molecular weight is 500 g/mol. The zero-order valence-corrected chi connectivity index (χ0v) is 22.2. The van der Waals surface area contributed by atoms with E-state index in [1.165, 1.54) is 12.4 Å². The molecule has 2 aliphatic heterocycles. The molecule has 0 saturated heterocycles. The molecule has 3 rings (SSSR count). The van der Waals surface area contributed by atoms with Gasteiger partial charge >= 0.3 is 0 Å². The average Bonchev–Trinajstić information content (AvgIpc) is 2.78. The Morgan fingerprint density at radius 2 is 1.12 bits per heavy atom. The Bertz CT molecular complexity index is 1080. The minimum absolute atomic E-state index is 0. The van der Waals surface area contributed by atoms with Crippen molar-refractivity contribution in [2.45, 2.75) is 27.7 Å². The molecule has 0 aliphatic carbocycles. The number of aliphatic hydroxyl groups excluding tert-OH is 2. The summed E-state index contributed by atoms with van der Waals surface area (Å²) >= 11 is 0. The summed E-state index contributed by atoms with van der Waals surface area (Å²) in [5, 5.41) is 25.4. The predicted molar refractivity (Wildman–Crippen MR) is 126 cm³/mol. The molecule has 2 heterocycles. The molecule has 33 heavy (non-hydrogen) atoms. The molecule has 0 spiro atoms. The molecule has 1 aromatic carbocycles. The molecule has 9 heteroatoms. The van der Waals surface area contributed by atoms with E-state index in [4.69, 9.17) is 0 Å². The molecule has 0 atom stereocenters. The summed E-state index contributed by atoms with van der Waals surface area (Å²) in [6.07, 6.45) is 6.06. The molecule has 0 amide bonds. The van der Waals surface area contributed by atoms with Crippen molar-refractivity contribution in [2.75, 3.05) is 23.8 Å². The van der Waals surface area contributed by atoms with Gasteiger partial charge in [0.25, 0.3) is 0 Å². The van der Waals surface area contributed by atoms with Crippen molar-refractivity contribution in [2.24, 2.45) is 9.98 Å². The van der Waals surface area contributed by atoms with E-state index in [2.05, 4.69) is 20.6 Å². The number of carbonyl (C=O) groups is 2. The van der Waals surface area contributed by atoms with Crippen molar-refractivity contribution in [1.29, 1.82) is 0 Å². The summed E-state index contributed by atoms with van der Waals surface area (Å²) in [6.45, 7) is 6.56. The van der Waals surface area contributed by atoms with Gasteiger partial charge in [-0.1, -0.05) is 0 Å². The van der Waals surface area contributed by atoms with E-state index in [1.807, 2.05) is 26.0 Å². The van der Waals surface area contributed by atoms with E-state index in [-0.39, 0.29) is 44.3 Å². The Kier molecular flexibility index (Phi) is 8.94. The van der Waals surface area contributed by atoms with Crippen molar-refractivity contribution >= 4 is 34.4 Å². The normalized spacial score (nSPS) is 18.4. The van der Waals surface area contributed by atoms with Crippen molar-refractivity contribution in [3.63, 3.8) is 0 Å². The molecular weight excluding hydrogens is 474 g/mol. The number of nitrogens with zero attached hydrogens (tertiary/aromatic N) is 2. The van der Waals surface area contributed by atoms with Crippen LogP contribution in [0.2, 0.25) is 0 Å². The van der Waals surface area contributed by atoms with Gasteiger partial charge in [0.05, 0.1) is 36.0 Å². The SMILES string of the molecule is CC1=NC=C(CO)C(=CNc2cc(C)c(C)cc2NC=C2C(=O)C(C)=NC=C2CO)C1=O.[Zn]. The number of aliphatic hydroxyl groups is 2. The first kappa shape index (κ1) is 26.3. The Labute approximate surface area is 205 Å². The van der Waals surface area contributed by atoms with Crippen LogP contribution in [0.1, 0.15) is 25.0 Å². The van der Waals surface area contributed by atoms with Gasteiger partial charge < -0.3 is 20.8 Å². The van der Waals surface area contributed by atoms with E-state index in [9.17, 15) is 19.8 Å². The quantitative estimate of drug-likeness (QED) is 0.352. The van der Waals surface area contributed by atoms with Gasteiger partial charge in [0.2, 0.25) is 11.6 Å². The van der Waals surface area contributed by atoms with Crippen LogP contribution in [-0.2, 0) is 29.1 Å². The first-order valence-electron chi connectivity index (χ1n) is 10.1. The second-order valence-electron chi connectivity index (χ2n) is 7.60. The van der Waals surface area contributed by atoms with Gasteiger partial charge in [0.15, 0.2) is 0 Å². The summed E-state index contributed by atoms with van der Waals surface area (Å²) in [7, 11) is 0. The van der Waals surface area contributed by atoms with Gasteiger partial charge in [-0.05, 0) is 51.0 Å². The molecule has 8 nitrogen and oxygen atoms in total. The monoisotopic (exact) mass is 498 g/mol. The Morgan fingerprint density at radius 3 is 1.45 bits per heavy atom. The van der Waals surface area contributed by atoms with Crippen LogP contribution in [0.5, 0.6) is 0 Å². The molecule has 0 bridgehead atoms. The van der Waals surface area contributed by atoms with Crippen molar-refractivity contribution < 1.29 is 39.3 Å². The van der Waals surface area contributed by atoms with Crippen LogP contribution in [0, 0.1) is 13.8 Å². The Morgan fingerprint density at radius 1 is 0.758 bits per heavy atom. The number of hydrogen-bond donors (Lipinski definition) is 4. The second-order valence-corrected chi connectivity index (χ2v) is 7.60. The number of aryl methyl sites for hydroxylation is 2. The molecule has 0 radical (unpaired) electrons. The van der Waals surface area contributed by atoms with Gasteiger partial charge in [0.1, 0.15) is 0 Å². The van der Waals surface area contributed by atoms with Crippen LogP contribution in [-0.4, -0.2) is 46.4 Å². The molecule has 0 fully saturated rings. The fraction of sp³-hybridized carbons (Fsp3) is 0.250. The van der Waals surface area contributed by atoms with Crippen LogP contribution in [0.3, 0.4) is 0 Å². The second kappa shape index (κ2) is 11.2. The Balaban J connectivity index is 0.00000385. The minimum atomic E-state index is -0.306. The number of ketones is 2. The van der Waals surface area contributed by atoms with E-state index in [1.54, 1.807) is 26.2 Å². The van der Waals surface area contributed by atoms with Crippen LogP contribution >= 0.6 is 0 Å². The summed E-state index contributed by atoms with van der Waals surface area (Å²) in [5.74, 6) is -0.519. The van der Waals surface area contributed by atoms with E-state index >= 15 is 0 Å². The summed E-state index contributed by atoms with van der Waals surface area (Å²) in [5.41, 5.74) is 5.61. The van der Waals surface area contributed by atoms with Gasteiger partial charge in [-0.25, -0.2) is 0 Å². The fourth-order valence-electron chi connectivity index (χ4n) is 3.21. The number of aliphatic imine (C=N–C) groups is 2. The predicted octanol–water partition coefficient (Wildman–Crippen LogP) is 2.73. The smallest absolute Gasteiger partial charge is 0.208 e. The number of Topliss-reactive ketones (excluding diaryl/α,β-unsaturated/α-hetero) is 2. The Hall–Kier alpha value is -3.00. The molecule has 2 aliphatic rings. The molecule has 0 unspecified atom stereocenters.